The Hall–Kier alpha value is -1.59. The summed E-state index contributed by atoms with van der Waals surface area (Å²) < 4.78 is 0. The van der Waals surface area contributed by atoms with Crippen molar-refractivity contribution in [1.29, 1.82) is 0 Å². The molecule has 1 heterocycles. The fourth-order valence-electron chi connectivity index (χ4n) is 2.23. The topological polar surface area (TPSA) is 69.6 Å². The predicted molar refractivity (Wildman–Crippen MR) is 81.2 cm³/mol. The van der Waals surface area contributed by atoms with Crippen molar-refractivity contribution in [3.8, 4) is 0 Å². The molecule has 0 aliphatic carbocycles. The maximum Gasteiger partial charge on any atom is 0.227 e. The Bertz CT molecular complexity index is 542. The van der Waals surface area contributed by atoms with E-state index in [0.29, 0.717) is 11.6 Å². The maximum absolute atomic E-state index is 12.2. The first-order valence-corrected chi connectivity index (χ1v) is 7.19. The van der Waals surface area contributed by atoms with Crippen LogP contribution in [0.1, 0.15) is 20.3 Å². The molecule has 0 aromatic heterocycles. The van der Waals surface area contributed by atoms with Crippen LogP contribution in [-0.4, -0.2) is 35.6 Å². The molecule has 2 N–H and O–H groups in total. The van der Waals surface area contributed by atoms with Crippen LogP contribution in [-0.2, 0) is 9.59 Å². The SMILES string of the molecule is CC(C)(CO)NC(=O)C1CC(=O)N(c2ccc(Cl)cc2)C1. The number of anilines is 1. The Balaban J connectivity index is 2.05. The molecule has 5 nitrogen and oxygen atoms in total. The second-order valence-electron chi connectivity index (χ2n) is 5.91. The van der Waals surface area contributed by atoms with E-state index in [4.69, 9.17) is 11.6 Å². The van der Waals surface area contributed by atoms with E-state index in [-0.39, 0.29) is 24.8 Å². The Morgan fingerprint density at radius 1 is 1.43 bits per heavy atom. The molecule has 0 radical (unpaired) electrons. The van der Waals surface area contributed by atoms with E-state index in [2.05, 4.69) is 5.32 Å². The molecule has 1 aliphatic rings. The Labute approximate surface area is 128 Å². The smallest absolute Gasteiger partial charge is 0.227 e. The van der Waals surface area contributed by atoms with Gasteiger partial charge in [0.1, 0.15) is 0 Å². The molecule has 1 fully saturated rings. The number of amides is 2. The lowest BCUT2D eigenvalue weighted by Crippen LogP contribution is -2.49. The second kappa shape index (κ2) is 6.03. The van der Waals surface area contributed by atoms with Gasteiger partial charge in [-0.15, -0.1) is 0 Å². The van der Waals surface area contributed by atoms with Crippen molar-refractivity contribution < 1.29 is 14.7 Å². The summed E-state index contributed by atoms with van der Waals surface area (Å²) in [6.45, 7) is 3.66. The zero-order valence-electron chi connectivity index (χ0n) is 12.1. The third-order valence-corrected chi connectivity index (χ3v) is 3.74. The summed E-state index contributed by atoms with van der Waals surface area (Å²) in [5.74, 6) is -0.697. The number of aliphatic hydroxyl groups is 1. The van der Waals surface area contributed by atoms with Crippen molar-refractivity contribution in [2.45, 2.75) is 25.8 Å². The fourth-order valence-corrected chi connectivity index (χ4v) is 2.35. The summed E-state index contributed by atoms with van der Waals surface area (Å²) in [6.07, 6.45) is 0.177. The van der Waals surface area contributed by atoms with Crippen molar-refractivity contribution in [2.75, 3.05) is 18.1 Å². The summed E-state index contributed by atoms with van der Waals surface area (Å²) >= 11 is 5.83. The normalized spacial score (nSPS) is 19.0. The maximum atomic E-state index is 12.2. The lowest BCUT2D eigenvalue weighted by molar-refractivity contribution is -0.128. The molecule has 0 saturated carbocycles. The predicted octanol–water partition coefficient (Wildman–Crippen LogP) is 1.58. The molecule has 1 saturated heterocycles. The van der Waals surface area contributed by atoms with Gasteiger partial charge in [0, 0.05) is 23.7 Å². The zero-order valence-corrected chi connectivity index (χ0v) is 12.9. The molecule has 0 spiro atoms. The van der Waals surface area contributed by atoms with Crippen LogP contribution in [0.4, 0.5) is 5.69 Å². The summed E-state index contributed by atoms with van der Waals surface area (Å²) in [5, 5.41) is 12.6. The van der Waals surface area contributed by atoms with Gasteiger partial charge in [-0.1, -0.05) is 11.6 Å². The summed E-state index contributed by atoms with van der Waals surface area (Å²) in [4.78, 5) is 25.8. The molecule has 0 bridgehead atoms. The van der Waals surface area contributed by atoms with Crippen molar-refractivity contribution in [2.24, 2.45) is 5.92 Å². The number of hydrogen-bond donors (Lipinski definition) is 2. The van der Waals surface area contributed by atoms with Crippen LogP contribution in [0.3, 0.4) is 0 Å². The highest BCUT2D eigenvalue weighted by Crippen LogP contribution is 2.26. The van der Waals surface area contributed by atoms with Crippen molar-refractivity contribution in [3.63, 3.8) is 0 Å². The van der Waals surface area contributed by atoms with Gasteiger partial charge in [0.05, 0.1) is 18.1 Å². The average Bonchev–Trinajstić information content (AvgIpc) is 2.81. The highest BCUT2D eigenvalue weighted by Gasteiger charge is 2.36. The zero-order chi connectivity index (χ0) is 15.6. The number of aliphatic hydroxyl groups excluding tert-OH is 1. The van der Waals surface area contributed by atoms with Gasteiger partial charge in [0.25, 0.3) is 0 Å². The van der Waals surface area contributed by atoms with E-state index in [9.17, 15) is 14.7 Å². The van der Waals surface area contributed by atoms with Gasteiger partial charge in [0.2, 0.25) is 11.8 Å². The van der Waals surface area contributed by atoms with Crippen LogP contribution in [0.15, 0.2) is 24.3 Å². The third-order valence-electron chi connectivity index (χ3n) is 3.49. The minimum Gasteiger partial charge on any atom is -0.394 e. The molecule has 1 aromatic rings. The number of nitrogens with zero attached hydrogens (tertiary/aromatic N) is 1. The monoisotopic (exact) mass is 310 g/mol. The van der Waals surface area contributed by atoms with Crippen molar-refractivity contribution in [1.82, 2.24) is 5.32 Å². The van der Waals surface area contributed by atoms with E-state index in [1.165, 1.54) is 0 Å². The van der Waals surface area contributed by atoms with Gasteiger partial charge in [-0.25, -0.2) is 0 Å². The quantitative estimate of drug-likeness (QED) is 0.887. The summed E-state index contributed by atoms with van der Waals surface area (Å²) in [7, 11) is 0. The molecule has 114 valence electrons. The summed E-state index contributed by atoms with van der Waals surface area (Å²) in [6, 6.07) is 6.95. The number of benzene rings is 1. The van der Waals surface area contributed by atoms with Crippen molar-refractivity contribution in [3.05, 3.63) is 29.3 Å². The first-order valence-electron chi connectivity index (χ1n) is 6.81. The molecule has 6 heteroatoms. The number of carbonyl (C=O) groups excluding carboxylic acids is 2. The first-order chi connectivity index (χ1) is 9.82. The summed E-state index contributed by atoms with van der Waals surface area (Å²) in [5.41, 5.74) is 0.0505. The molecular weight excluding hydrogens is 292 g/mol. The largest absolute Gasteiger partial charge is 0.394 e. The number of hydrogen-bond acceptors (Lipinski definition) is 3. The van der Waals surface area contributed by atoms with Crippen LogP contribution >= 0.6 is 11.6 Å². The number of rotatable bonds is 4. The molecule has 1 unspecified atom stereocenters. The van der Waals surface area contributed by atoms with E-state index >= 15 is 0 Å². The molecule has 21 heavy (non-hydrogen) atoms. The fraction of sp³-hybridized carbons (Fsp3) is 0.467. The van der Waals surface area contributed by atoms with Crippen molar-refractivity contribution >= 4 is 29.1 Å². The van der Waals surface area contributed by atoms with Crippen LogP contribution < -0.4 is 10.2 Å². The van der Waals surface area contributed by atoms with Crippen LogP contribution in [0, 0.1) is 5.92 Å². The van der Waals surface area contributed by atoms with Gasteiger partial charge >= 0.3 is 0 Å². The first kappa shape index (κ1) is 15.8. The number of nitrogens with one attached hydrogen (secondary N) is 1. The van der Waals surface area contributed by atoms with Gasteiger partial charge in [-0.2, -0.15) is 0 Å². The number of carbonyl (C=O) groups is 2. The van der Waals surface area contributed by atoms with E-state index in [1.807, 2.05) is 0 Å². The van der Waals surface area contributed by atoms with E-state index < -0.39 is 11.5 Å². The van der Waals surface area contributed by atoms with E-state index in [1.54, 1.807) is 43.0 Å². The van der Waals surface area contributed by atoms with Crippen LogP contribution in [0.25, 0.3) is 0 Å². The second-order valence-corrected chi connectivity index (χ2v) is 6.35. The van der Waals surface area contributed by atoms with Crippen LogP contribution in [0.2, 0.25) is 5.02 Å². The Morgan fingerprint density at radius 3 is 2.62 bits per heavy atom. The van der Waals surface area contributed by atoms with Crippen LogP contribution in [0.5, 0.6) is 0 Å². The van der Waals surface area contributed by atoms with E-state index in [0.717, 1.165) is 5.69 Å². The Kier molecular flexibility index (Phi) is 4.54. The molecule has 2 amide bonds. The molecule has 1 aliphatic heterocycles. The van der Waals surface area contributed by atoms with Gasteiger partial charge in [0.15, 0.2) is 0 Å². The highest BCUT2D eigenvalue weighted by molar-refractivity contribution is 6.30. The van der Waals surface area contributed by atoms with Gasteiger partial charge in [-0.05, 0) is 38.1 Å². The third kappa shape index (κ3) is 3.74. The Morgan fingerprint density at radius 2 is 2.05 bits per heavy atom. The molecule has 2 rings (SSSR count). The number of halogens is 1. The lowest BCUT2D eigenvalue weighted by atomic mass is 10.0. The molecule has 1 atom stereocenters. The average molecular weight is 311 g/mol. The van der Waals surface area contributed by atoms with Gasteiger partial charge < -0.3 is 15.3 Å². The lowest BCUT2D eigenvalue weighted by Gasteiger charge is -2.25. The minimum atomic E-state index is -0.687. The highest BCUT2D eigenvalue weighted by atomic mass is 35.5. The minimum absolute atomic E-state index is 0.0840. The standard InChI is InChI=1S/C15H19ClN2O3/c1-15(2,9-19)17-14(21)10-7-13(20)18(8-10)12-5-3-11(16)4-6-12/h3-6,10,19H,7-9H2,1-2H3,(H,17,21). The molecule has 1 aromatic carbocycles. The molecular formula is C15H19ClN2O3. The van der Waals surface area contributed by atoms with Gasteiger partial charge in [-0.3, -0.25) is 9.59 Å².